The molecule has 0 aliphatic heterocycles. The van der Waals surface area contributed by atoms with Gasteiger partial charge in [-0.15, -0.1) is 0 Å². The van der Waals surface area contributed by atoms with Crippen molar-refractivity contribution in [1.29, 1.82) is 0 Å². The molecule has 1 amide bonds. The summed E-state index contributed by atoms with van der Waals surface area (Å²) in [4.78, 5) is 12.5. The number of nitrogens with one attached hydrogen (secondary N) is 2. The molecule has 2 N–H and O–H groups in total. The molecule has 0 aromatic heterocycles. The molecule has 116 valence electrons. The van der Waals surface area contributed by atoms with Gasteiger partial charge in [0.2, 0.25) is 0 Å². The van der Waals surface area contributed by atoms with Crippen molar-refractivity contribution in [2.24, 2.45) is 5.92 Å². The van der Waals surface area contributed by atoms with E-state index < -0.39 is 0 Å². The molecule has 3 heteroatoms. The fourth-order valence-corrected chi connectivity index (χ4v) is 3.43. The number of hydrogen-bond donors (Lipinski definition) is 2. The van der Waals surface area contributed by atoms with Crippen LogP contribution >= 0.6 is 0 Å². The molecule has 1 atom stereocenters. The Morgan fingerprint density at radius 2 is 2.00 bits per heavy atom. The first-order valence-electron chi connectivity index (χ1n) is 8.25. The maximum atomic E-state index is 12.5. The van der Waals surface area contributed by atoms with Gasteiger partial charge in [-0.2, -0.15) is 0 Å². The van der Waals surface area contributed by atoms with Crippen LogP contribution in [0, 0.1) is 12.8 Å². The molecule has 1 fully saturated rings. The van der Waals surface area contributed by atoms with Gasteiger partial charge in [-0.3, -0.25) is 4.79 Å². The molecule has 0 spiro atoms. The zero-order chi connectivity index (χ0) is 15.2. The normalized spacial score (nSPS) is 17.3. The first-order chi connectivity index (χ1) is 10.2. The summed E-state index contributed by atoms with van der Waals surface area (Å²) in [5.74, 6) is 0.726. The van der Waals surface area contributed by atoms with E-state index >= 15 is 0 Å². The lowest BCUT2D eigenvalue weighted by Gasteiger charge is -2.30. The van der Waals surface area contributed by atoms with Crippen molar-refractivity contribution in [2.45, 2.75) is 58.4 Å². The highest BCUT2D eigenvalue weighted by Gasteiger charge is 2.24. The molecule has 1 aromatic rings. The van der Waals surface area contributed by atoms with Crippen molar-refractivity contribution in [3.05, 3.63) is 29.3 Å². The minimum Gasteiger partial charge on any atom is -0.388 e. The van der Waals surface area contributed by atoms with Gasteiger partial charge in [0.05, 0.1) is 0 Å². The van der Waals surface area contributed by atoms with Crippen LogP contribution in [0.3, 0.4) is 0 Å². The van der Waals surface area contributed by atoms with Crippen molar-refractivity contribution in [1.82, 2.24) is 5.32 Å². The average molecular weight is 288 g/mol. The number of aryl methyl sites for hydroxylation is 1. The van der Waals surface area contributed by atoms with Crippen molar-refractivity contribution < 1.29 is 4.79 Å². The lowest BCUT2D eigenvalue weighted by atomic mass is 9.83. The van der Waals surface area contributed by atoms with Crippen LogP contribution < -0.4 is 10.6 Å². The maximum Gasteiger partial charge on any atom is 0.251 e. The fraction of sp³-hybridized carbons (Fsp3) is 0.611. The second kappa shape index (κ2) is 7.48. The van der Waals surface area contributed by atoms with E-state index in [1.165, 1.54) is 32.1 Å². The second-order valence-electron chi connectivity index (χ2n) is 6.17. The lowest BCUT2D eigenvalue weighted by molar-refractivity contribution is 0.0911. The molecule has 0 bridgehead atoms. The number of anilines is 1. The molecule has 21 heavy (non-hydrogen) atoms. The van der Waals surface area contributed by atoms with Crippen molar-refractivity contribution >= 4 is 11.6 Å². The third-order valence-electron chi connectivity index (χ3n) is 4.73. The van der Waals surface area contributed by atoms with Crippen LogP contribution in [0.1, 0.15) is 61.4 Å². The number of hydrogen-bond acceptors (Lipinski definition) is 2. The van der Waals surface area contributed by atoms with Gasteiger partial charge in [-0.05, 0) is 55.9 Å². The predicted octanol–water partition coefficient (Wildman–Crippen LogP) is 4.13. The Balaban J connectivity index is 2.03. The van der Waals surface area contributed by atoms with Crippen LogP contribution in [-0.4, -0.2) is 19.0 Å². The maximum absolute atomic E-state index is 12.5. The third kappa shape index (κ3) is 3.99. The van der Waals surface area contributed by atoms with Crippen LogP contribution in [0.15, 0.2) is 18.2 Å². The molecule has 1 unspecified atom stereocenters. The smallest absolute Gasteiger partial charge is 0.251 e. The molecule has 0 radical (unpaired) electrons. The Hall–Kier alpha value is -1.51. The highest BCUT2D eigenvalue weighted by Crippen LogP contribution is 2.28. The molecule has 1 aliphatic rings. The molecule has 3 nitrogen and oxygen atoms in total. The molecular weight excluding hydrogens is 260 g/mol. The summed E-state index contributed by atoms with van der Waals surface area (Å²) >= 11 is 0. The van der Waals surface area contributed by atoms with Crippen LogP contribution in [0.2, 0.25) is 0 Å². The first kappa shape index (κ1) is 15.9. The fourth-order valence-electron chi connectivity index (χ4n) is 3.43. The van der Waals surface area contributed by atoms with Gasteiger partial charge in [-0.1, -0.05) is 26.2 Å². The van der Waals surface area contributed by atoms with E-state index in [-0.39, 0.29) is 5.91 Å². The topological polar surface area (TPSA) is 41.1 Å². The zero-order valence-corrected chi connectivity index (χ0v) is 13.5. The van der Waals surface area contributed by atoms with Crippen LogP contribution in [0.5, 0.6) is 0 Å². The molecule has 0 saturated heterocycles. The average Bonchev–Trinajstić information content (AvgIpc) is 2.53. The van der Waals surface area contributed by atoms with Gasteiger partial charge in [0.15, 0.2) is 0 Å². The number of carbonyl (C=O) groups is 1. The molecular formula is C18H28N2O. The Kier molecular flexibility index (Phi) is 5.66. The molecule has 1 aliphatic carbocycles. The van der Waals surface area contributed by atoms with E-state index in [0.29, 0.717) is 12.0 Å². The highest BCUT2D eigenvalue weighted by molar-refractivity contribution is 5.95. The quantitative estimate of drug-likeness (QED) is 0.855. The van der Waals surface area contributed by atoms with E-state index in [9.17, 15) is 4.79 Å². The van der Waals surface area contributed by atoms with E-state index in [2.05, 4.69) is 17.6 Å². The zero-order valence-electron chi connectivity index (χ0n) is 13.5. The van der Waals surface area contributed by atoms with Crippen molar-refractivity contribution in [2.75, 3.05) is 12.4 Å². The van der Waals surface area contributed by atoms with Gasteiger partial charge in [-0.25, -0.2) is 0 Å². The minimum atomic E-state index is 0.0678. The Bertz CT molecular complexity index is 478. The molecule has 0 heterocycles. The summed E-state index contributed by atoms with van der Waals surface area (Å²) < 4.78 is 0. The van der Waals surface area contributed by atoms with E-state index in [1.54, 1.807) is 0 Å². The van der Waals surface area contributed by atoms with Gasteiger partial charge in [0.1, 0.15) is 0 Å². The van der Waals surface area contributed by atoms with Gasteiger partial charge in [0, 0.05) is 24.3 Å². The minimum absolute atomic E-state index is 0.0678. The predicted molar refractivity (Wildman–Crippen MR) is 88.8 cm³/mol. The molecule has 1 aromatic carbocycles. The van der Waals surface area contributed by atoms with Gasteiger partial charge in [0.25, 0.3) is 5.91 Å². The third-order valence-corrected chi connectivity index (χ3v) is 4.73. The van der Waals surface area contributed by atoms with Crippen molar-refractivity contribution in [3.8, 4) is 0 Å². The molecule has 1 saturated carbocycles. The van der Waals surface area contributed by atoms with E-state index in [1.807, 2.05) is 32.2 Å². The standard InChI is InChI=1S/C18H28N2O/c1-4-16(14-8-6-5-7-9-14)20-18(21)15-10-11-17(19-3)13(2)12-15/h10-12,14,16,19H,4-9H2,1-3H3,(H,20,21). The van der Waals surface area contributed by atoms with E-state index in [4.69, 9.17) is 0 Å². The Labute approximate surface area is 128 Å². The summed E-state index contributed by atoms with van der Waals surface area (Å²) in [6.45, 7) is 4.20. The summed E-state index contributed by atoms with van der Waals surface area (Å²) in [7, 11) is 1.90. The number of benzene rings is 1. The van der Waals surface area contributed by atoms with Crippen LogP contribution in [0.4, 0.5) is 5.69 Å². The summed E-state index contributed by atoms with van der Waals surface area (Å²) in [5, 5.41) is 6.39. The Morgan fingerprint density at radius 1 is 1.29 bits per heavy atom. The highest BCUT2D eigenvalue weighted by atomic mass is 16.1. The summed E-state index contributed by atoms with van der Waals surface area (Å²) in [6, 6.07) is 6.17. The van der Waals surface area contributed by atoms with Crippen molar-refractivity contribution in [3.63, 3.8) is 0 Å². The van der Waals surface area contributed by atoms with Crippen LogP contribution in [0.25, 0.3) is 0 Å². The monoisotopic (exact) mass is 288 g/mol. The van der Waals surface area contributed by atoms with Gasteiger partial charge >= 0.3 is 0 Å². The first-order valence-corrected chi connectivity index (χ1v) is 8.25. The van der Waals surface area contributed by atoms with Gasteiger partial charge < -0.3 is 10.6 Å². The SMILES string of the molecule is CCC(NC(=O)c1ccc(NC)c(C)c1)C1CCCCC1. The van der Waals surface area contributed by atoms with E-state index in [0.717, 1.165) is 23.2 Å². The summed E-state index contributed by atoms with van der Waals surface area (Å²) in [5.41, 5.74) is 2.95. The summed E-state index contributed by atoms with van der Waals surface area (Å²) in [6.07, 6.45) is 7.52. The number of rotatable bonds is 5. The number of amides is 1. The second-order valence-corrected chi connectivity index (χ2v) is 6.17. The molecule has 2 rings (SSSR count). The van der Waals surface area contributed by atoms with Crippen LogP contribution in [-0.2, 0) is 0 Å². The largest absolute Gasteiger partial charge is 0.388 e. The number of carbonyl (C=O) groups excluding carboxylic acids is 1. The Morgan fingerprint density at radius 3 is 2.57 bits per heavy atom. The lowest BCUT2D eigenvalue weighted by Crippen LogP contribution is -2.40.